The quantitative estimate of drug-likeness (QED) is 0.205. The highest BCUT2D eigenvalue weighted by molar-refractivity contribution is 7.99. The predicted octanol–water partition coefficient (Wildman–Crippen LogP) is 4.34. The number of para-hydroxylation sites is 1. The highest BCUT2D eigenvalue weighted by Gasteiger charge is 2.08. The van der Waals surface area contributed by atoms with Crippen molar-refractivity contribution < 1.29 is 4.79 Å². The molecule has 4 aromatic rings. The van der Waals surface area contributed by atoms with Gasteiger partial charge in [0.1, 0.15) is 0 Å². The number of nitrogens with one attached hydrogen (secondary N) is 1. The topological polar surface area (TPSA) is 72.2 Å². The maximum absolute atomic E-state index is 12.2. The lowest BCUT2D eigenvalue weighted by Gasteiger charge is -2.05. The molecular formula is C24H23N5OS. The summed E-state index contributed by atoms with van der Waals surface area (Å²) < 4.78 is 2.20. The number of aromatic nitrogens is 3. The van der Waals surface area contributed by atoms with Gasteiger partial charge in [0.15, 0.2) is 5.16 Å². The first kappa shape index (κ1) is 20.8. The van der Waals surface area contributed by atoms with Crippen LogP contribution in [0, 0.1) is 13.8 Å². The van der Waals surface area contributed by atoms with Crippen LogP contribution >= 0.6 is 11.8 Å². The highest BCUT2D eigenvalue weighted by atomic mass is 32.2. The second kappa shape index (κ2) is 9.57. The van der Waals surface area contributed by atoms with Gasteiger partial charge in [-0.15, -0.1) is 0 Å². The summed E-state index contributed by atoms with van der Waals surface area (Å²) >= 11 is 1.30. The summed E-state index contributed by atoms with van der Waals surface area (Å²) in [5.41, 5.74) is 7.69. The molecular weight excluding hydrogens is 406 g/mol. The normalized spacial score (nSPS) is 11.3. The molecule has 0 aliphatic carbocycles. The van der Waals surface area contributed by atoms with Crippen LogP contribution in [0.1, 0.15) is 22.5 Å². The Hall–Kier alpha value is -3.45. The van der Waals surface area contributed by atoms with Crippen molar-refractivity contribution in [2.45, 2.75) is 25.5 Å². The van der Waals surface area contributed by atoms with Gasteiger partial charge in [0, 0.05) is 40.6 Å². The molecule has 0 radical (unpaired) electrons. The van der Waals surface area contributed by atoms with Crippen LogP contribution in [-0.4, -0.2) is 32.4 Å². The minimum Gasteiger partial charge on any atom is -0.342 e. The van der Waals surface area contributed by atoms with Crippen molar-refractivity contribution in [3.63, 3.8) is 0 Å². The van der Waals surface area contributed by atoms with Gasteiger partial charge >= 0.3 is 0 Å². The van der Waals surface area contributed by atoms with Crippen LogP contribution < -0.4 is 5.43 Å². The van der Waals surface area contributed by atoms with Gasteiger partial charge in [-0.25, -0.2) is 15.4 Å². The van der Waals surface area contributed by atoms with E-state index in [1.165, 1.54) is 17.3 Å². The van der Waals surface area contributed by atoms with Crippen molar-refractivity contribution in [3.05, 3.63) is 89.4 Å². The number of hydrogen-bond acceptors (Lipinski definition) is 5. The van der Waals surface area contributed by atoms with Crippen LogP contribution in [0.2, 0.25) is 0 Å². The van der Waals surface area contributed by atoms with Crippen LogP contribution in [0.15, 0.2) is 77.1 Å². The zero-order valence-electron chi connectivity index (χ0n) is 17.4. The van der Waals surface area contributed by atoms with E-state index in [0.717, 1.165) is 34.4 Å². The van der Waals surface area contributed by atoms with Gasteiger partial charge in [0.05, 0.1) is 12.0 Å². The Morgan fingerprint density at radius 1 is 1.06 bits per heavy atom. The lowest BCUT2D eigenvalue weighted by atomic mass is 10.2. The molecule has 0 bridgehead atoms. The maximum Gasteiger partial charge on any atom is 0.250 e. The number of benzene rings is 2. The molecule has 0 unspecified atom stereocenters. The van der Waals surface area contributed by atoms with Gasteiger partial charge in [-0.05, 0) is 31.5 Å². The van der Waals surface area contributed by atoms with Crippen molar-refractivity contribution in [3.8, 4) is 0 Å². The second-order valence-corrected chi connectivity index (χ2v) is 8.17. The molecule has 4 rings (SSSR count). The third-order valence-corrected chi connectivity index (χ3v) is 5.55. The van der Waals surface area contributed by atoms with Gasteiger partial charge in [-0.3, -0.25) is 4.79 Å². The Morgan fingerprint density at radius 3 is 2.55 bits per heavy atom. The molecule has 31 heavy (non-hydrogen) atoms. The monoisotopic (exact) mass is 429 g/mol. The van der Waals surface area contributed by atoms with E-state index >= 15 is 0 Å². The van der Waals surface area contributed by atoms with Crippen LogP contribution in [-0.2, 0) is 11.3 Å². The van der Waals surface area contributed by atoms with E-state index in [2.05, 4.69) is 55.5 Å². The van der Waals surface area contributed by atoms with Gasteiger partial charge in [-0.1, -0.05) is 60.3 Å². The SMILES string of the molecule is Cc1cc(C)nc(SCC(=O)N/N=C\c2cn(Cc3ccccc3)c3ccccc23)n1. The zero-order chi connectivity index (χ0) is 21.6. The first-order valence-corrected chi connectivity index (χ1v) is 11.0. The van der Waals surface area contributed by atoms with Crippen molar-refractivity contribution in [2.75, 3.05) is 5.75 Å². The van der Waals surface area contributed by atoms with Crippen molar-refractivity contribution in [1.29, 1.82) is 0 Å². The number of aryl methyl sites for hydroxylation is 2. The first-order valence-electron chi connectivity index (χ1n) is 9.97. The third kappa shape index (κ3) is 5.38. The Labute approximate surface area is 185 Å². The van der Waals surface area contributed by atoms with Gasteiger partial charge < -0.3 is 4.57 Å². The second-order valence-electron chi connectivity index (χ2n) is 7.23. The number of amides is 1. The molecule has 2 heterocycles. The minimum absolute atomic E-state index is 0.197. The van der Waals surface area contributed by atoms with Crippen LogP contribution in [0.5, 0.6) is 0 Å². The maximum atomic E-state index is 12.2. The number of thioether (sulfide) groups is 1. The number of hydrazone groups is 1. The lowest BCUT2D eigenvalue weighted by Crippen LogP contribution is -2.19. The van der Waals surface area contributed by atoms with E-state index in [9.17, 15) is 4.79 Å². The summed E-state index contributed by atoms with van der Waals surface area (Å²) in [7, 11) is 0. The number of carbonyl (C=O) groups excluding carboxylic acids is 1. The molecule has 0 fully saturated rings. The average Bonchev–Trinajstić information content (AvgIpc) is 3.10. The summed E-state index contributed by atoms with van der Waals surface area (Å²) in [6.45, 7) is 4.60. The van der Waals surface area contributed by atoms with Gasteiger partial charge in [-0.2, -0.15) is 5.10 Å². The fourth-order valence-electron chi connectivity index (χ4n) is 3.38. The molecule has 0 aliphatic rings. The number of carbonyl (C=O) groups is 1. The predicted molar refractivity (Wildman–Crippen MR) is 125 cm³/mol. The Kier molecular flexibility index (Phi) is 6.43. The van der Waals surface area contributed by atoms with Gasteiger partial charge in [0.2, 0.25) is 0 Å². The highest BCUT2D eigenvalue weighted by Crippen LogP contribution is 2.21. The van der Waals surface area contributed by atoms with Crippen molar-refractivity contribution in [2.24, 2.45) is 5.10 Å². The summed E-state index contributed by atoms with van der Waals surface area (Å²) in [5, 5.41) is 5.86. The number of hydrogen-bond donors (Lipinski definition) is 1. The first-order chi connectivity index (χ1) is 15.1. The van der Waals surface area contributed by atoms with E-state index in [1.807, 2.05) is 50.2 Å². The summed E-state index contributed by atoms with van der Waals surface area (Å²) in [6, 6.07) is 20.4. The standard InChI is InChI=1S/C24H23N5OS/c1-17-12-18(2)27-24(26-17)31-16-23(30)28-25-13-20-15-29(14-19-8-4-3-5-9-19)22-11-7-6-10-21(20)22/h3-13,15H,14,16H2,1-2H3,(H,28,30)/b25-13-. The van der Waals surface area contributed by atoms with E-state index < -0.39 is 0 Å². The van der Waals surface area contributed by atoms with E-state index in [0.29, 0.717) is 5.16 Å². The molecule has 2 aromatic carbocycles. The lowest BCUT2D eigenvalue weighted by molar-refractivity contribution is -0.118. The van der Waals surface area contributed by atoms with E-state index in [1.54, 1.807) is 6.21 Å². The molecule has 156 valence electrons. The summed E-state index contributed by atoms with van der Waals surface area (Å²) in [4.78, 5) is 20.9. The van der Waals surface area contributed by atoms with E-state index in [4.69, 9.17) is 0 Å². The smallest absolute Gasteiger partial charge is 0.250 e. The van der Waals surface area contributed by atoms with Gasteiger partial charge in [0.25, 0.3) is 5.91 Å². The molecule has 1 amide bonds. The Bertz CT molecular complexity index is 1210. The summed E-state index contributed by atoms with van der Waals surface area (Å²) in [5.74, 6) is 0.00717. The largest absolute Gasteiger partial charge is 0.342 e. The molecule has 7 heteroatoms. The molecule has 0 atom stereocenters. The fourth-order valence-corrected chi connectivity index (χ4v) is 4.13. The molecule has 1 N–H and O–H groups in total. The average molecular weight is 430 g/mol. The fraction of sp³-hybridized carbons (Fsp3) is 0.167. The summed E-state index contributed by atoms with van der Waals surface area (Å²) in [6.07, 6.45) is 3.76. The molecule has 6 nitrogen and oxygen atoms in total. The number of rotatable bonds is 7. The van der Waals surface area contributed by atoms with Crippen LogP contribution in [0.3, 0.4) is 0 Å². The molecule has 0 aliphatic heterocycles. The Morgan fingerprint density at radius 2 is 1.77 bits per heavy atom. The number of fused-ring (bicyclic) bond motifs is 1. The molecule has 2 aromatic heterocycles. The Balaban J connectivity index is 1.42. The number of nitrogens with zero attached hydrogens (tertiary/aromatic N) is 4. The minimum atomic E-state index is -0.197. The molecule has 0 spiro atoms. The van der Waals surface area contributed by atoms with Crippen LogP contribution in [0.25, 0.3) is 10.9 Å². The van der Waals surface area contributed by atoms with Crippen LogP contribution in [0.4, 0.5) is 0 Å². The van der Waals surface area contributed by atoms with Crippen molar-refractivity contribution >= 4 is 34.8 Å². The molecule has 0 saturated heterocycles. The third-order valence-electron chi connectivity index (χ3n) is 4.70. The zero-order valence-corrected chi connectivity index (χ0v) is 18.3. The van der Waals surface area contributed by atoms with Crippen molar-refractivity contribution in [1.82, 2.24) is 20.0 Å². The van der Waals surface area contributed by atoms with E-state index in [-0.39, 0.29) is 11.7 Å². The molecule has 0 saturated carbocycles.